The van der Waals surface area contributed by atoms with E-state index in [2.05, 4.69) is 47.7 Å². The predicted octanol–water partition coefficient (Wildman–Crippen LogP) is 3.35. The summed E-state index contributed by atoms with van der Waals surface area (Å²) in [7, 11) is 0. The highest BCUT2D eigenvalue weighted by molar-refractivity contribution is 6.24. The van der Waals surface area contributed by atoms with Crippen LogP contribution in [0.2, 0.25) is 0 Å². The molecule has 3 saturated heterocycles. The van der Waals surface area contributed by atoms with Crippen LogP contribution in [0.4, 0.5) is 22.0 Å². The maximum absolute atomic E-state index is 13.5. The van der Waals surface area contributed by atoms with Gasteiger partial charge in [0.25, 0.3) is 11.8 Å². The molecule has 5 heterocycles. The van der Waals surface area contributed by atoms with E-state index in [9.17, 15) is 24.0 Å². The zero-order chi connectivity index (χ0) is 35.1. The molecule has 5 aliphatic rings. The number of amides is 6. The summed E-state index contributed by atoms with van der Waals surface area (Å²) >= 11 is 0. The van der Waals surface area contributed by atoms with Gasteiger partial charge in [0, 0.05) is 75.6 Å². The van der Waals surface area contributed by atoms with Crippen molar-refractivity contribution in [3.63, 3.8) is 0 Å². The number of anilines is 3. The highest BCUT2D eigenvalue weighted by Crippen LogP contribution is 2.37. The van der Waals surface area contributed by atoms with E-state index in [4.69, 9.17) is 0 Å². The molecule has 8 rings (SSSR count). The fraction of sp³-hybridized carbons (Fsp3) is 0.459. The Morgan fingerprint density at radius 1 is 0.843 bits per heavy atom. The van der Waals surface area contributed by atoms with Crippen molar-refractivity contribution >= 4 is 46.9 Å². The number of benzene rings is 2. The van der Waals surface area contributed by atoms with Gasteiger partial charge in [0.1, 0.15) is 0 Å². The Kier molecular flexibility index (Phi) is 8.92. The van der Waals surface area contributed by atoms with E-state index in [-0.39, 0.29) is 24.4 Å². The topological polar surface area (TPSA) is 154 Å². The molecule has 1 aromatic heterocycles. The number of nitrogens with one attached hydrogen (secondary N) is 3. The van der Waals surface area contributed by atoms with Gasteiger partial charge in [-0.15, -0.1) is 0 Å². The number of urea groups is 1. The molecule has 3 N–H and O–H groups in total. The van der Waals surface area contributed by atoms with Crippen molar-refractivity contribution in [2.75, 3.05) is 67.5 Å². The van der Waals surface area contributed by atoms with Gasteiger partial charge in [-0.25, -0.2) is 9.80 Å². The summed E-state index contributed by atoms with van der Waals surface area (Å²) in [6.07, 6.45) is 5.90. The second kappa shape index (κ2) is 13.8. The minimum atomic E-state index is -0.762. The monoisotopic (exact) mass is 693 g/mol. The summed E-state index contributed by atoms with van der Waals surface area (Å²) in [6.45, 7) is 6.38. The number of piperidine rings is 1. The van der Waals surface area contributed by atoms with Crippen LogP contribution in [0.5, 0.6) is 0 Å². The maximum atomic E-state index is 13.5. The Bertz CT molecular complexity index is 1840. The van der Waals surface area contributed by atoms with Gasteiger partial charge in [-0.1, -0.05) is 24.6 Å². The number of aromatic amines is 1. The minimum Gasteiger partial charge on any atom is -0.371 e. The third kappa shape index (κ3) is 6.67. The van der Waals surface area contributed by atoms with Gasteiger partial charge >= 0.3 is 6.03 Å². The molecule has 2 aromatic carbocycles. The van der Waals surface area contributed by atoms with Crippen LogP contribution in [0.3, 0.4) is 0 Å². The average molecular weight is 694 g/mol. The van der Waals surface area contributed by atoms with Crippen molar-refractivity contribution < 1.29 is 24.0 Å². The lowest BCUT2D eigenvalue weighted by Gasteiger charge is -2.40. The number of imide groups is 2. The number of carbonyl (C=O) groups is 5. The van der Waals surface area contributed by atoms with Gasteiger partial charge in [-0.3, -0.25) is 34.5 Å². The van der Waals surface area contributed by atoms with Crippen LogP contribution in [0.15, 0.2) is 48.5 Å². The van der Waals surface area contributed by atoms with Crippen LogP contribution >= 0.6 is 0 Å². The summed E-state index contributed by atoms with van der Waals surface area (Å²) < 4.78 is 0. The number of H-pyrrole nitrogens is 1. The van der Waals surface area contributed by atoms with Crippen LogP contribution in [-0.4, -0.2) is 107 Å². The number of piperazine rings is 1. The van der Waals surface area contributed by atoms with Crippen molar-refractivity contribution in [1.82, 2.24) is 30.4 Å². The number of fused-ring (bicyclic) bond motifs is 1. The van der Waals surface area contributed by atoms with Gasteiger partial charge < -0.3 is 15.1 Å². The van der Waals surface area contributed by atoms with E-state index >= 15 is 0 Å². The van der Waals surface area contributed by atoms with Gasteiger partial charge in [-0.05, 0) is 61.4 Å². The molecule has 3 aromatic rings. The molecular weight excluding hydrogens is 650 g/mol. The molecule has 51 heavy (non-hydrogen) atoms. The number of rotatable bonds is 9. The number of hydrogen-bond donors (Lipinski definition) is 3. The fourth-order valence-electron chi connectivity index (χ4n) is 7.92. The third-order valence-electron chi connectivity index (χ3n) is 11.1. The van der Waals surface area contributed by atoms with Crippen LogP contribution < -0.4 is 20.4 Å². The fourth-order valence-corrected chi connectivity index (χ4v) is 7.92. The molecule has 0 bridgehead atoms. The molecular formula is C37H43N9O5. The van der Waals surface area contributed by atoms with Crippen molar-refractivity contribution in [3.8, 4) is 0 Å². The number of aromatic nitrogens is 2. The first-order chi connectivity index (χ1) is 24.8. The molecule has 14 heteroatoms. The largest absolute Gasteiger partial charge is 0.371 e. The van der Waals surface area contributed by atoms with Gasteiger partial charge in [-0.2, -0.15) is 10.1 Å². The molecule has 4 aliphatic heterocycles. The standard InChI is InChI=1S/C37H43N9O5/c47-32-13-16-45(37(51)39-32)46-35(49)28-5-2-6-30(34(28)36(46)50)44-14-11-25(12-15-44)23-42-17-19-43(20-18-42)27-9-7-24(8-10-27)21-33(48)38-31-22-29(40-41-31)26-3-1-4-26/h2,5-10,22,25-26H,1,3-4,11-21,23H2,(H,39,47,51)(H2,38,40,41,48). The summed E-state index contributed by atoms with van der Waals surface area (Å²) in [6, 6.07) is 14.8. The molecule has 0 unspecified atom stereocenters. The van der Waals surface area contributed by atoms with E-state index in [0.29, 0.717) is 29.6 Å². The molecule has 1 saturated carbocycles. The summed E-state index contributed by atoms with van der Waals surface area (Å²) in [5.74, 6) is 0.101. The van der Waals surface area contributed by atoms with Crippen LogP contribution in [0, 0.1) is 5.92 Å². The van der Waals surface area contributed by atoms with Gasteiger partial charge in [0.2, 0.25) is 11.8 Å². The van der Waals surface area contributed by atoms with Crippen LogP contribution in [-0.2, 0) is 16.0 Å². The summed E-state index contributed by atoms with van der Waals surface area (Å²) in [4.78, 5) is 70.6. The second-order valence-corrected chi connectivity index (χ2v) is 14.3. The van der Waals surface area contributed by atoms with E-state index in [1.54, 1.807) is 12.1 Å². The van der Waals surface area contributed by atoms with Gasteiger partial charge in [0.05, 0.1) is 29.8 Å². The zero-order valence-corrected chi connectivity index (χ0v) is 28.6. The number of nitrogens with zero attached hydrogens (tertiary/aromatic N) is 6. The first kappa shape index (κ1) is 32.9. The summed E-state index contributed by atoms with van der Waals surface area (Å²) in [5, 5.41) is 14.3. The molecule has 0 radical (unpaired) electrons. The van der Waals surface area contributed by atoms with Crippen molar-refractivity contribution in [1.29, 1.82) is 0 Å². The molecule has 4 fully saturated rings. The molecule has 6 amide bonds. The smallest absolute Gasteiger partial charge is 0.343 e. The lowest BCUT2D eigenvalue weighted by Crippen LogP contribution is -2.58. The Balaban J connectivity index is 0.795. The third-order valence-corrected chi connectivity index (χ3v) is 11.1. The Hall–Kier alpha value is -5.24. The van der Waals surface area contributed by atoms with Crippen molar-refractivity contribution in [2.24, 2.45) is 5.92 Å². The Morgan fingerprint density at radius 3 is 2.31 bits per heavy atom. The average Bonchev–Trinajstić information content (AvgIpc) is 3.66. The molecule has 0 atom stereocenters. The molecule has 266 valence electrons. The SMILES string of the molecule is O=C1CCN(N2C(=O)c3cccc(N4CCC(CN5CCN(c6ccc(CC(=O)Nc7cc(C8CCC8)[nH]n7)cc6)CC5)CC4)c3C2=O)C(=O)N1. The minimum absolute atomic E-state index is 0.0218. The van der Waals surface area contributed by atoms with Crippen LogP contribution in [0.1, 0.15) is 76.4 Å². The van der Waals surface area contributed by atoms with E-state index in [1.165, 1.54) is 24.9 Å². The normalized spacial score (nSPS) is 20.5. The lowest BCUT2D eigenvalue weighted by molar-refractivity contribution is -0.123. The number of carbonyl (C=O) groups excluding carboxylic acids is 5. The second-order valence-electron chi connectivity index (χ2n) is 14.3. The van der Waals surface area contributed by atoms with Crippen molar-refractivity contribution in [2.45, 2.75) is 50.9 Å². The van der Waals surface area contributed by atoms with Crippen LogP contribution in [0.25, 0.3) is 0 Å². The highest BCUT2D eigenvalue weighted by Gasteiger charge is 2.45. The molecule has 0 spiro atoms. The first-order valence-electron chi connectivity index (χ1n) is 18.1. The zero-order valence-electron chi connectivity index (χ0n) is 28.6. The van der Waals surface area contributed by atoms with Crippen molar-refractivity contribution in [3.05, 3.63) is 70.9 Å². The molecule has 1 aliphatic carbocycles. The summed E-state index contributed by atoms with van der Waals surface area (Å²) in [5.41, 5.74) is 4.57. The lowest BCUT2D eigenvalue weighted by atomic mass is 9.83. The predicted molar refractivity (Wildman–Crippen MR) is 189 cm³/mol. The molecule has 14 nitrogen and oxygen atoms in total. The van der Waals surface area contributed by atoms with Gasteiger partial charge in [0.15, 0.2) is 5.82 Å². The number of hydrazine groups is 1. The Labute approximate surface area is 296 Å². The first-order valence-corrected chi connectivity index (χ1v) is 18.1. The quantitative estimate of drug-likeness (QED) is 0.287. The van der Waals surface area contributed by atoms with E-state index in [1.807, 2.05) is 24.3 Å². The Morgan fingerprint density at radius 2 is 1.61 bits per heavy atom. The number of hydrogen-bond acceptors (Lipinski definition) is 9. The maximum Gasteiger partial charge on any atom is 0.343 e. The highest BCUT2D eigenvalue weighted by atomic mass is 16.2. The van der Waals surface area contributed by atoms with E-state index in [0.717, 1.165) is 85.6 Å². The van der Waals surface area contributed by atoms with E-state index < -0.39 is 23.8 Å².